The molecule has 0 spiro atoms. The van der Waals surface area contributed by atoms with Crippen LogP contribution < -0.4 is 5.32 Å². The van der Waals surface area contributed by atoms with Crippen LogP contribution in [0.5, 0.6) is 0 Å². The summed E-state index contributed by atoms with van der Waals surface area (Å²) in [6, 6.07) is 10.4. The summed E-state index contributed by atoms with van der Waals surface area (Å²) in [7, 11) is 1.99. The Morgan fingerprint density at radius 1 is 1.27 bits per heavy atom. The second-order valence-corrected chi connectivity index (χ2v) is 4.15. The van der Waals surface area contributed by atoms with Crippen molar-refractivity contribution in [1.29, 1.82) is 5.26 Å². The lowest BCUT2D eigenvalue weighted by Crippen LogP contribution is -2.32. The van der Waals surface area contributed by atoms with Gasteiger partial charge in [0, 0.05) is 6.04 Å². The van der Waals surface area contributed by atoms with Crippen molar-refractivity contribution in [3.05, 3.63) is 35.4 Å². The van der Waals surface area contributed by atoms with Crippen molar-refractivity contribution in [1.82, 2.24) is 5.32 Å². The highest BCUT2D eigenvalue weighted by Crippen LogP contribution is 2.10. The average molecular weight is 202 g/mol. The topological polar surface area (TPSA) is 35.8 Å². The summed E-state index contributed by atoms with van der Waals surface area (Å²) in [4.78, 5) is 0. The molecule has 0 aliphatic rings. The first-order valence-corrected chi connectivity index (χ1v) is 5.33. The quantitative estimate of drug-likeness (QED) is 0.813. The molecule has 0 saturated heterocycles. The summed E-state index contributed by atoms with van der Waals surface area (Å²) in [6.07, 6.45) is 1.01. The lowest BCUT2D eigenvalue weighted by molar-refractivity contribution is 0.424. The molecule has 0 fully saturated rings. The molecule has 1 aromatic rings. The van der Waals surface area contributed by atoms with Crippen molar-refractivity contribution in [3.8, 4) is 6.07 Å². The number of benzene rings is 1. The highest BCUT2D eigenvalue weighted by molar-refractivity contribution is 5.31. The molecule has 2 heteroatoms. The maximum Gasteiger partial charge on any atom is 0.0991 e. The Bertz CT molecular complexity index is 333. The third kappa shape index (κ3) is 3.38. The van der Waals surface area contributed by atoms with Gasteiger partial charge in [-0.2, -0.15) is 5.26 Å². The van der Waals surface area contributed by atoms with E-state index in [9.17, 15) is 0 Å². The van der Waals surface area contributed by atoms with Crippen molar-refractivity contribution in [2.24, 2.45) is 5.92 Å². The molecular weight excluding hydrogens is 184 g/mol. The first-order valence-electron chi connectivity index (χ1n) is 5.33. The molecule has 0 heterocycles. The molecule has 1 N–H and O–H groups in total. The largest absolute Gasteiger partial charge is 0.316 e. The van der Waals surface area contributed by atoms with E-state index in [4.69, 9.17) is 5.26 Å². The highest BCUT2D eigenvalue weighted by atomic mass is 14.9. The second-order valence-electron chi connectivity index (χ2n) is 4.15. The average Bonchev–Trinajstić information content (AvgIpc) is 2.26. The van der Waals surface area contributed by atoms with Crippen LogP contribution in [0.1, 0.15) is 25.0 Å². The van der Waals surface area contributed by atoms with Gasteiger partial charge in [0.2, 0.25) is 0 Å². The predicted octanol–water partition coefficient (Wildman–Crippen LogP) is 2.34. The van der Waals surface area contributed by atoms with Crippen molar-refractivity contribution in [2.75, 3.05) is 7.05 Å². The number of nitrogens with one attached hydrogen (secondary N) is 1. The molecule has 15 heavy (non-hydrogen) atoms. The van der Waals surface area contributed by atoms with E-state index in [1.54, 1.807) is 0 Å². The van der Waals surface area contributed by atoms with Gasteiger partial charge in [0.05, 0.1) is 11.6 Å². The van der Waals surface area contributed by atoms with Gasteiger partial charge in [0.15, 0.2) is 0 Å². The molecule has 80 valence electrons. The SMILES string of the molecule is CNC(Cc1ccc(C#N)cc1)C(C)C. The molecule has 2 nitrogen and oxygen atoms in total. The van der Waals surface area contributed by atoms with Crippen molar-refractivity contribution < 1.29 is 0 Å². The molecule has 0 aromatic heterocycles. The first kappa shape index (κ1) is 11.7. The Morgan fingerprint density at radius 2 is 1.87 bits per heavy atom. The maximum absolute atomic E-state index is 8.68. The van der Waals surface area contributed by atoms with Crippen LogP contribution in [0.4, 0.5) is 0 Å². The molecule has 1 atom stereocenters. The van der Waals surface area contributed by atoms with Crippen LogP contribution in [0.25, 0.3) is 0 Å². The van der Waals surface area contributed by atoms with Crippen LogP contribution >= 0.6 is 0 Å². The van der Waals surface area contributed by atoms with Crippen molar-refractivity contribution in [2.45, 2.75) is 26.3 Å². The van der Waals surface area contributed by atoms with Crippen LogP contribution in [-0.4, -0.2) is 13.1 Å². The molecule has 1 rings (SSSR count). The fourth-order valence-electron chi connectivity index (χ4n) is 1.64. The number of hydrogen-bond acceptors (Lipinski definition) is 2. The Labute approximate surface area is 91.9 Å². The van der Waals surface area contributed by atoms with Gasteiger partial charge in [0.1, 0.15) is 0 Å². The zero-order chi connectivity index (χ0) is 11.3. The molecule has 0 aliphatic carbocycles. The third-order valence-electron chi connectivity index (χ3n) is 2.71. The van der Waals surface area contributed by atoms with E-state index < -0.39 is 0 Å². The number of hydrogen-bond donors (Lipinski definition) is 1. The van der Waals surface area contributed by atoms with E-state index in [1.165, 1.54) is 5.56 Å². The van der Waals surface area contributed by atoms with Gasteiger partial charge < -0.3 is 5.32 Å². The first-order chi connectivity index (χ1) is 7.17. The Kier molecular flexibility index (Phi) is 4.33. The summed E-state index contributed by atoms with van der Waals surface area (Å²) in [6.45, 7) is 4.43. The van der Waals surface area contributed by atoms with Crippen molar-refractivity contribution in [3.63, 3.8) is 0 Å². The normalized spacial score (nSPS) is 12.5. The summed E-state index contributed by atoms with van der Waals surface area (Å²) in [5, 5.41) is 12.0. The number of nitrogens with zero attached hydrogens (tertiary/aromatic N) is 1. The standard InChI is InChI=1S/C13H18N2/c1-10(2)13(15-3)8-11-4-6-12(9-14)7-5-11/h4-7,10,13,15H,8H2,1-3H3. The molecule has 0 aliphatic heterocycles. The highest BCUT2D eigenvalue weighted by Gasteiger charge is 2.10. The molecule has 0 saturated carbocycles. The summed E-state index contributed by atoms with van der Waals surface area (Å²) in [5.74, 6) is 0.616. The van der Waals surface area contributed by atoms with E-state index in [0.29, 0.717) is 12.0 Å². The van der Waals surface area contributed by atoms with Gasteiger partial charge in [-0.1, -0.05) is 26.0 Å². The minimum Gasteiger partial charge on any atom is -0.316 e. The summed E-state index contributed by atoms with van der Waals surface area (Å²) in [5.41, 5.74) is 2.01. The van der Waals surface area contributed by atoms with Crippen LogP contribution in [0.15, 0.2) is 24.3 Å². The molecule has 0 bridgehead atoms. The van der Waals surface area contributed by atoms with Crippen LogP contribution in [0.3, 0.4) is 0 Å². The zero-order valence-electron chi connectivity index (χ0n) is 9.62. The summed E-state index contributed by atoms with van der Waals surface area (Å²) < 4.78 is 0. The second kappa shape index (κ2) is 5.53. The monoisotopic (exact) mass is 202 g/mol. The minimum absolute atomic E-state index is 0.498. The van der Waals surface area contributed by atoms with Crippen LogP contribution in [0.2, 0.25) is 0 Å². The van der Waals surface area contributed by atoms with Gasteiger partial charge in [-0.15, -0.1) is 0 Å². The zero-order valence-corrected chi connectivity index (χ0v) is 9.62. The lowest BCUT2D eigenvalue weighted by Gasteiger charge is -2.20. The van der Waals surface area contributed by atoms with E-state index in [2.05, 4.69) is 25.2 Å². The number of likely N-dealkylation sites (N-methyl/N-ethyl adjacent to an activating group) is 1. The van der Waals surface area contributed by atoms with E-state index >= 15 is 0 Å². The van der Waals surface area contributed by atoms with Gasteiger partial charge >= 0.3 is 0 Å². The van der Waals surface area contributed by atoms with E-state index in [1.807, 2.05) is 31.3 Å². The molecular formula is C13H18N2. The molecule has 1 unspecified atom stereocenters. The van der Waals surface area contributed by atoms with E-state index in [0.717, 1.165) is 12.0 Å². The maximum atomic E-state index is 8.68. The fraction of sp³-hybridized carbons (Fsp3) is 0.462. The van der Waals surface area contributed by atoms with Gasteiger partial charge in [-0.25, -0.2) is 0 Å². The Morgan fingerprint density at radius 3 is 2.27 bits per heavy atom. The lowest BCUT2D eigenvalue weighted by atomic mass is 9.96. The Hall–Kier alpha value is -1.33. The molecule has 1 aromatic carbocycles. The smallest absolute Gasteiger partial charge is 0.0991 e. The van der Waals surface area contributed by atoms with Crippen LogP contribution in [0, 0.1) is 17.2 Å². The number of nitriles is 1. The third-order valence-corrected chi connectivity index (χ3v) is 2.71. The van der Waals surface area contributed by atoms with E-state index in [-0.39, 0.29) is 0 Å². The molecule has 0 amide bonds. The Balaban J connectivity index is 2.68. The minimum atomic E-state index is 0.498. The molecule has 0 radical (unpaired) electrons. The van der Waals surface area contributed by atoms with Gasteiger partial charge in [-0.05, 0) is 37.1 Å². The fourth-order valence-corrected chi connectivity index (χ4v) is 1.64. The number of rotatable bonds is 4. The van der Waals surface area contributed by atoms with Gasteiger partial charge in [-0.3, -0.25) is 0 Å². The summed E-state index contributed by atoms with van der Waals surface area (Å²) >= 11 is 0. The van der Waals surface area contributed by atoms with Crippen LogP contribution in [-0.2, 0) is 6.42 Å². The predicted molar refractivity (Wildman–Crippen MR) is 62.5 cm³/mol. The van der Waals surface area contributed by atoms with Crippen molar-refractivity contribution >= 4 is 0 Å². The van der Waals surface area contributed by atoms with Gasteiger partial charge in [0.25, 0.3) is 0 Å².